The number of ether oxygens (including phenoxy) is 1. The van der Waals surface area contributed by atoms with E-state index in [1.165, 1.54) is 11.8 Å². The molecule has 0 bridgehead atoms. The molecule has 1 atom stereocenters. The summed E-state index contributed by atoms with van der Waals surface area (Å²) in [6.45, 7) is 3.21. The second-order valence-electron chi connectivity index (χ2n) is 7.65. The Morgan fingerprint density at radius 3 is 2.52 bits per heavy atom. The molecule has 0 spiro atoms. The van der Waals surface area contributed by atoms with Crippen LogP contribution in [0.1, 0.15) is 11.1 Å². The van der Waals surface area contributed by atoms with E-state index in [0.717, 1.165) is 16.7 Å². The lowest BCUT2D eigenvalue weighted by Crippen LogP contribution is -2.58. The quantitative estimate of drug-likeness (QED) is 0.651. The number of amides is 2. The van der Waals surface area contributed by atoms with Gasteiger partial charge in [-0.15, -0.1) is 5.10 Å². The summed E-state index contributed by atoms with van der Waals surface area (Å²) in [4.78, 5) is 28.8. The molecule has 8 heteroatoms. The number of rotatable bonds is 3. The highest BCUT2D eigenvalue weighted by atomic mass is 16.5. The fourth-order valence-corrected chi connectivity index (χ4v) is 3.81. The highest BCUT2D eigenvalue weighted by Crippen LogP contribution is 2.20. The molecule has 4 rings (SSSR count). The molecule has 1 aliphatic rings. The van der Waals surface area contributed by atoms with Gasteiger partial charge in [0, 0.05) is 25.2 Å². The van der Waals surface area contributed by atoms with E-state index >= 15 is 0 Å². The van der Waals surface area contributed by atoms with Crippen molar-refractivity contribution in [3.8, 4) is 11.3 Å². The first-order chi connectivity index (χ1) is 15.0. The molecule has 2 amide bonds. The minimum atomic E-state index is -0.382. The van der Waals surface area contributed by atoms with E-state index < -0.39 is 0 Å². The molecule has 0 aliphatic carbocycles. The van der Waals surface area contributed by atoms with Gasteiger partial charge in [-0.05, 0) is 18.9 Å². The molecule has 1 fully saturated rings. The largest absolute Gasteiger partial charge is 0.453 e. The van der Waals surface area contributed by atoms with Crippen LogP contribution in [0.3, 0.4) is 0 Å². The van der Waals surface area contributed by atoms with Crippen molar-refractivity contribution >= 4 is 12.1 Å². The maximum atomic E-state index is 13.3. The fraction of sp³-hybridized carbons (Fsp3) is 0.304. The molecule has 2 heterocycles. The van der Waals surface area contributed by atoms with Gasteiger partial charge in [-0.2, -0.15) is 4.68 Å². The molecular formula is C23H25N5O3. The number of methoxy groups -OCH3 is 1. The molecule has 0 radical (unpaired) electrons. The lowest BCUT2D eigenvalue weighted by Gasteiger charge is -2.40. The van der Waals surface area contributed by atoms with Crippen molar-refractivity contribution in [3.05, 3.63) is 71.9 Å². The Bertz CT molecular complexity index is 1050. The summed E-state index contributed by atoms with van der Waals surface area (Å²) in [6.07, 6.45) is 1.89. The molecule has 1 saturated heterocycles. The van der Waals surface area contributed by atoms with Gasteiger partial charge in [-0.25, -0.2) is 9.59 Å². The van der Waals surface area contributed by atoms with Crippen LogP contribution >= 0.6 is 0 Å². The summed E-state index contributed by atoms with van der Waals surface area (Å²) in [5.41, 5.74) is 3.79. The number of nitrogens with zero attached hydrogens (tertiary/aromatic N) is 5. The lowest BCUT2D eigenvalue weighted by molar-refractivity contribution is 0.0724. The first-order valence-electron chi connectivity index (χ1n) is 10.2. The molecule has 8 nitrogen and oxygen atoms in total. The van der Waals surface area contributed by atoms with Gasteiger partial charge in [-0.3, -0.25) is 0 Å². The van der Waals surface area contributed by atoms with Crippen LogP contribution in [-0.2, 0) is 11.2 Å². The van der Waals surface area contributed by atoms with Crippen molar-refractivity contribution in [2.24, 2.45) is 0 Å². The summed E-state index contributed by atoms with van der Waals surface area (Å²) in [7, 11) is 1.37. The third kappa shape index (κ3) is 4.58. The normalized spacial score (nSPS) is 16.3. The standard InChI is InChI=1S/C23H25N5O3/c1-17-8-10-19(11-9-17)21-16-28(25-24-21)22(29)27-13-12-26(23(30)31-2)15-20(27)14-18-6-4-3-5-7-18/h3-11,16,20H,12-15H2,1-2H3. The van der Waals surface area contributed by atoms with Crippen molar-refractivity contribution in [3.63, 3.8) is 0 Å². The predicted molar refractivity (Wildman–Crippen MR) is 116 cm³/mol. The van der Waals surface area contributed by atoms with E-state index in [4.69, 9.17) is 4.74 Å². The summed E-state index contributed by atoms with van der Waals surface area (Å²) in [5, 5.41) is 8.25. The third-order valence-corrected chi connectivity index (χ3v) is 5.51. The van der Waals surface area contributed by atoms with E-state index in [1.54, 1.807) is 16.0 Å². The molecule has 1 aromatic heterocycles. The smallest absolute Gasteiger partial charge is 0.409 e. The van der Waals surface area contributed by atoms with Crippen LogP contribution < -0.4 is 0 Å². The summed E-state index contributed by atoms with van der Waals surface area (Å²) in [6, 6.07) is 17.4. The zero-order valence-electron chi connectivity index (χ0n) is 17.6. The molecule has 160 valence electrons. The van der Waals surface area contributed by atoms with Crippen molar-refractivity contribution in [2.45, 2.75) is 19.4 Å². The van der Waals surface area contributed by atoms with Crippen LogP contribution in [0.4, 0.5) is 9.59 Å². The molecule has 1 unspecified atom stereocenters. The Labute approximate surface area is 181 Å². The number of aryl methyl sites for hydroxylation is 1. The first-order valence-corrected chi connectivity index (χ1v) is 10.2. The number of hydrogen-bond acceptors (Lipinski definition) is 5. The van der Waals surface area contributed by atoms with Gasteiger partial charge in [0.2, 0.25) is 0 Å². The zero-order valence-corrected chi connectivity index (χ0v) is 17.6. The fourth-order valence-electron chi connectivity index (χ4n) is 3.81. The van der Waals surface area contributed by atoms with Gasteiger partial charge in [0.15, 0.2) is 0 Å². The molecule has 0 saturated carbocycles. The summed E-state index contributed by atoms with van der Waals surface area (Å²) in [5.74, 6) is 0. The van der Waals surface area contributed by atoms with Crippen molar-refractivity contribution < 1.29 is 14.3 Å². The molecule has 3 aromatic rings. The minimum absolute atomic E-state index is 0.199. The van der Waals surface area contributed by atoms with Gasteiger partial charge in [0.05, 0.1) is 19.3 Å². The maximum absolute atomic E-state index is 13.3. The van der Waals surface area contributed by atoms with Crippen molar-refractivity contribution in [2.75, 3.05) is 26.7 Å². The second kappa shape index (κ2) is 8.99. The number of carbonyl (C=O) groups excluding carboxylic acids is 2. The second-order valence-corrected chi connectivity index (χ2v) is 7.65. The molecule has 1 aliphatic heterocycles. The Balaban J connectivity index is 1.56. The predicted octanol–water partition coefficient (Wildman–Crippen LogP) is 3.22. The molecule has 0 N–H and O–H groups in total. The average molecular weight is 419 g/mol. The summed E-state index contributed by atoms with van der Waals surface area (Å²) < 4.78 is 6.16. The average Bonchev–Trinajstić information content (AvgIpc) is 3.29. The van der Waals surface area contributed by atoms with Crippen molar-refractivity contribution in [1.82, 2.24) is 24.8 Å². The highest BCUT2D eigenvalue weighted by Gasteiger charge is 2.34. The van der Waals surface area contributed by atoms with Gasteiger partial charge >= 0.3 is 12.1 Å². The van der Waals surface area contributed by atoms with Crippen molar-refractivity contribution in [1.29, 1.82) is 0 Å². The molecular weight excluding hydrogens is 394 g/mol. The van der Waals surface area contributed by atoms with Crippen LogP contribution in [0.15, 0.2) is 60.8 Å². The zero-order chi connectivity index (χ0) is 21.8. The Morgan fingerprint density at radius 1 is 1.06 bits per heavy atom. The van der Waals surface area contributed by atoms with Crippen LogP contribution in [0.25, 0.3) is 11.3 Å². The number of hydrogen-bond donors (Lipinski definition) is 0. The number of benzene rings is 2. The van der Waals surface area contributed by atoms with Crippen LogP contribution in [0.2, 0.25) is 0 Å². The van der Waals surface area contributed by atoms with Gasteiger partial charge in [-0.1, -0.05) is 65.4 Å². The van der Waals surface area contributed by atoms with Gasteiger partial charge in [0.25, 0.3) is 0 Å². The van der Waals surface area contributed by atoms with E-state index in [2.05, 4.69) is 10.3 Å². The van der Waals surface area contributed by atoms with Gasteiger partial charge in [0.1, 0.15) is 5.69 Å². The highest BCUT2D eigenvalue weighted by molar-refractivity contribution is 5.78. The monoisotopic (exact) mass is 419 g/mol. The van der Waals surface area contributed by atoms with E-state index in [9.17, 15) is 9.59 Å². The van der Waals surface area contributed by atoms with Crippen LogP contribution in [0, 0.1) is 6.92 Å². The van der Waals surface area contributed by atoms with Crippen LogP contribution in [-0.4, -0.2) is 69.7 Å². The maximum Gasteiger partial charge on any atom is 0.409 e. The topological polar surface area (TPSA) is 80.6 Å². The number of carbonyl (C=O) groups is 2. The number of piperazine rings is 1. The van der Waals surface area contributed by atoms with E-state index in [0.29, 0.717) is 31.7 Å². The Hall–Kier alpha value is -3.68. The summed E-state index contributed by atoms with van der Waals surface area (Å²) >= 11 is 0. The first kappa shape index (κ1) is 20.6. The van der Waals surface area contributed by atoms with E-state index in [1.807, 2.05) is 61.5 Å². The molecule has 2 aromatic carbocycles. The van der Waals surface area contributed by atoms with Gasteiger partial charge < -0.3 is 14.5 Å². The minimum Gasteiger partial charge on any atom is -0.453 e. The van der Waals surface area contributed by atoms with Crippen LogP contribution in [0.5, 0.6) is 0 Å². The SMILES string of the molecule is COC(=O)N1CCN(C(=O)n2cc(-c3ccc(C)cc3)nn2)C(Cc2ccccc2)C1. The Morgan fingerprint density at radius 2 is 1.81 bits per heavy atom. The third-order valence-electron chi connectivity index (χ3n) is 5.51. The molecule has 31 heavy (non-hydrogen) atoms. The Kier molecular flexibility index (Phi) is 5.97. The number of aromatic nitrogens is 3. The van der Waals surface area contributed by atoms with E-state index in [-0.39, 0.29) is 18.2 Å². The lowest BCUT2D eigenvalue weighted by atomic mass is 10.0.